The van der Waals surface area contributed by atoms with E-state index in [9.17, 15) is 13.2 Å². The van der Waals surface area contributed by atoms with E-state index in [1.807, 2.05) is 0 Å². The highest BCUT2D eigenvalue weighted by Crippen LogP contribution is 2.12. The molecule has 0 spiro atoms. The maximum Gasteiger partial charge on any atom is 0.237 e. The van der Waals surface area contributed by atoms with Gasteiger partial charge >= 0.3 is 0 Å². The summed E-state index contributed by atoms with van der Waals surface area (Å²) in [5.41, 5.74) is 0. The minimum atomic E-state index is -2.90. The van der Waals surface area contributed by atoms with Crippen LogP contribution in [0.25, 0.3) is 0 Å². The molecule has 6 heteroatoms. The van der Waals surface area contributed by atoms with E-state index in [-0.39, 0.29) is 29.5 Å². The predicted molar refractivity (Wildman–Crippen MR) is 56.2 cm³/mol. The highest BCUT2D eigenvalue weighted by atomic mass is 32.2. The number of sulfone groups is 1. The molecule has 15 heavy (non-hydrogen) atoms. The first kappa shape index (κ1) is 10.9. The van der Waals surface area contributed by atoms with Gasteiger partial charge in [0.1, 0.15) is 0 Å². The molecule has 1 amide bonds. The molecular formula is C9H16N2O3S. The lowest BCUT2D eigenvalue weighted by Crippen LogP contribution is -2.45. The molecule has 2 aliphatic rings. The van der Waals surface area contributed by atoms with Gasteiger partial charge in [-0.1, -0.05) is 0 Å². The number of rotatable bonds is 2. The molecule has 2 aliphatic heterocycles. The van der Waals surface area contributed by atoms with Gasteiger partial charge in [0, 0.05) is 6.04 Å². The van der Waals surface area contributed by atoms with Crippen molar-refractivity contribution in [2.75, 3.05) is 18.1 Å². The van der Waals surface area contributed by atoms with Crippen molar-refractivity contribution in [3.8, 4) is 0 Å². The van der Waals surface area contributed by atoms with Crippen LogP contribution in [0.4, 0.5) is 0 Å². The van der Waals surface area contributed by atoms with Gasteiger partial charge in [0.25, 0.3) is 0 Å². The van der Waals surface area contributed by atoms with Crippen LogP contribution in [0.5, 0.6) is 0 Å². The average Bonchev–Trinajstić information content (AvgIpc) is 2.74. The van der Waals surface area contributed by atoms with Gasteiger partial charge in [-0.25, -0.2) is 8.42 Å². The third-order valence-electron chi connectivity index (χ3n) is 2.96. The van der Waals surface area contributed by atoms with Gasteiger partial charge in [-0.2, -0.15) is 0 Å². The maximum atomic E-state index is 11.6. The van der Waals surface area contributed by atoms with E-state index in [2.05, 4.69) is 10.6 Å². The standard InChI is InChI=1S/C9H16N2O3S/c12-9(8-2-1-4-10-8)11-7-3-5-15(13,14)6-7/h7-8,10H,1-6H2,(H,11,12)/t7?,8-/m0/s1. The summed E-state index contributed by atoms with van der Waals surface area (Å²) in [5.74, 6) is 0.260. The van der Waals surface area contributed by atoms with Crippen LogP contribution in [0.15, 0.2) is 0 Å². The topological polar surface area (TPSA) is 75.3 Å². The molecule has 2 heterocycles. The summed E-state index contributed by atoms with van der Waals surface area (Å²) in [6.45, 7) is 0.876. The lowest BCUT2D eigenvalue weighted by molar-refractivity contribution is -0.123. The Hall–Kier alpha value is -0.620. The Morgan fingerprint density at radius 1 is 1.33 bits per heavy atom. The SMILES string of the molecule is O=C(NC1CCS(=O)(=O)C1)[C@@H]1CCCN1. The van der Waals surface area contributed by atoms with Crippen molar-refractivity contribution in [3.63, 3.8) is 0 Å². The van der Waals surface area contributed by atoms with Gasteiger partial charge in [-0.15, -0.1) is 0 Å². The van der Waals surface area contributed by atoms with Crippen LogP contribution in [0.2, 0.25) is 0 Å². The molecule has 2 saturated heterocycles. The molecule has 1 unspecified atom stereocenters. The van der Waals surface area contributed by atoms with Crippen LogP contribution in [-0.4, -0.2) is 44.5 Å². The summed E-state index contributed by atoms with van der Waals surface area (Å²) in [6, 6.07) is -0.293. The molecule has 2 fully saturated rings. The fourth-order valence-corrected chi connectivity index (χ4v) is 3.79. The summed E-state index contributed by atoms with van der Waals surface area (Å²) in [6.07, 6.45) is 2.42. The maximum absolute atomic E-state index is 11.6. The first-order valence-corrected chi connectivity index (χ1v) is 7.13. The Bertz CT molecular complexity index is 346. The zero-order chi connectivity index (χ0) is 10.9. The van der Waals surface area contributed by atoms with Gasteiger partial charge in [-0.05, 0) is 25.8 Å². The van der Waals surface area contributed by atoms with Crippen molar-refractivity contribution in [2.45, 2.75) is 31.3 Å². The fourth-order valence-electron chi connectivity index (χ4n) is 2.12. The van der Waals surface area contributed by atoms with E-state index in [1.165, 1.54) is 0 Å². The molecule has 2 atom stereocenters. The molecule has 0 aromatic rings. The Morgan fingerprint density at radius 3 is 2.67 bits per heavy atom. The Morgan fingerprint density at radius 2 is 2.13 bits per heavy atom. The molecular weight excluding hydrogens is 216 g/mol. The summed E-state index contributed by atoms with van der Waals surface area (Å²) >= 11 is 0. The quantitative estimate of drug-likeness (QED) is 0.643. The molecule has 0 aromatic carbocycles. The van der Waals surface area contributed by atoms with E-state index in [0.717, 1.165) is 19.4 Å². The van der Waals surface area contributed by atoms with Crippen molar-refractivity contribution in [2.24, 2.45) is 0 Å². The summed E-state index contributed by atoms with van der Waals surface area (Å²) < 4.78 is 22.4. The number of carbonyl (C=O) groups is 1. The largest absolute Gasteiger partial charge is 0.351 e. The number of hydrogen-bond donors (Lipinski definition) is 2. The molecule has 2 N–H and O–H groups in total. The minimum absolute atomic E-state index is 0.0467. The van der Waals surface area contributed by atoms with Gasteiger partial charge in [-0.3, -0.25) is 4.79 Å². The molecule has 0 radical (unpaired) electrons. The Kier molecular flexibility index (Phi) is 2.97. The second-order valence-corrected chi connectivity index (χ2v) is 6.49. The van der Waals surface area contributed by atoms with E-state index < -0.39 is 9.84 Å². The summed E-state index contributed by atoms with van der Waals surface area (Å²) in [7, 11) is -2.90. The van der Waals surface area contributed by atoms with E-state index in [0.29, 0.717) is 6.42 Å². The van der Waals surface area contributed by atoms with Crippen molar-refractivity contribution >= 4 is 15.7 Å². The minimum Gasteiger partial charge on any atom is -0.351 e. The van der Waals surface area contributed by atoms with Crippen LogP contribution in [0, 0.1) is 0 Å². The van der Waals surface area contributed by atoms with Crippen molar-refractivity contribution in [3.05, 3.63) is 0 Å². The van der Waals surface area contributed by atoms with E-state index >= 15 is 0 Å². The van der Waals surface area contributed by atoms with Crippen molar-refractivity contribution in [1.29, 1.82) is 0 Å². The number of nitrogens with one attached hydrogen (secondary N) is 2. The second-order valence-electron chi connectivity index (χ2n) is 4.26. The molecule has 0 aliphatic carbocycles. The molecule has 2 rings (SSSR count). The molecule has 0 saturated carbocycles. The van der Waals surface area contributed by atoms with Crippen LogP contribution < -0.4 is 10.6 Å². The summed E-state index contributed by atoms with van der Waals surface area (Å²) in [5, 5.41) is 5.89. The second kappa shape index (κ2) is 4.09. The smallest absolute Gasteiger partial charge is 0.237 e. The van der Waals surface area contributed by atoms with Crippen molar-refractivity contribution in [1.82, 2.24) is 10.6 Å². The van der Waals surface area contributed by atoms with Gasteiger partial charge in [0.15, 0.2) is 9.84 Å². The Labute approximate surface area is 89.5 Å². The van der Waals surface area contributed by atoms with E-state index in [4.69, 9.17) is 0 Å². The number of amides is 1. The van der Waals surface area contributed by atoms with Crippen molar-refractivity contribution < 1.29 is 13.2 Å². The highest BCUT2D eigenvalue weighted by Gasteiger charge is 2.31. The molecule has 0 aromatic heterocycles. The highest BCUT2D eigenvalue weighted by molar-refractivity contribution is 7.91. The monoisotopic (exact) mass is 232 g/mol. The van der Waals surface area contributed by atoms with Crippen LogP contribution in [-0.2, 0) is 14.6 Å². The zero-order valence-corrected chi connectivity index (χ0v) is 9.35. The predicted octanol–water partition coefficient (Wildman–Crippen LogP) is -0.958. The first-order valence-electron chi connectivity index (χ1n) is 5.31. The van der Waals surface area contributed by atoms with Gasteiger partial charge in [0.2, 0.25) is 5.91 Å². The molecule has 86 valence electrons. The van der Waals surface area contributed by atoms with E-state index in [1.54, 1.807) is 0 Å². The molecule has 0 bridgehead atoms. The third kappa shape index (κ3) is 2.69. The number of carbonyl (C=O) groups excluding carboxylic acids is 1. The van der Waals surface area contributed by atoms with Gasteiger partial charge < -0.3 is 10.6 Å². The lowest BCUT2D eigenvalue weighted by atomic mass is 10.2. The van der Waals surface area contributed by atoms with Crippen LogP contribution >= 0.6 is 0 Å². The number of hydrogen-bond acceptors (Lipinski definition) is 4. The summed E-state index contributed by atoms with van der Waals surface area (Å²) in [4.78, 5) is 11.6. The average molecular weight is 232 g/mol. The zero-order valence-electron chi connectivity index (χ0n) is 8.53. The van der Waals surface area contributed by atoms with Gasteiger partial charge in [0.05, 0.1) is 17.5 Å². The first-order chi connectivity index (χ1) is 7.07. The third-order valence-corrected chi connectivity index (χ3v) is 4.72. The normalized spacial score (nSPS) is 34.1. The fraction of sp³-hybridized carbons (Fsp3) is 0.889. The Balaban J connectivity index is 1.85. The molecule has 5 nitrogen and oxygen atoms in total. The van der Waals surface area contributed by atoms with Crippen LogP contribution in [0.3, 0.4) is 0 Å². The lowest BCUT2D eigenvalue weighted by Gasteiger charge is -2.14. The van der Waals surface area contributed by atoms with Crippen LogP contribution in [0.1, 0.15) is 19.3 Å².